The first kappa shape index (κ1) is 7.85. The van der Waals surface area contributed by atoms with E-state index < -0.39 is 0 Å². The van der Waals surface area contributed by atoms with Gasteiger partial charge in [-0.15, -0.1) is 0 Å². The molecule has 0 fully saturated rings. The number of aromatic nitrogens is 4. The second-order valence-corrected chi connectivity index (χ2v) is 2.97. The summed E-state index contributed by atoms with van der Waals surface area (Å²) in [6.45, 7) is 3.83. The Kier molecular flexibility index (Phi) is 1.58. The lowest BCUT2D eigenvalue weighted by Gasteiger charge is -1.99. The quantitative estimate of drug-likeness (QED) is 0.676. The number of aromatic amines is 1. The number of H-pyrrole nitrogens is 1. The summed E-state index contributed by atoms with van der Waals surface area (Å²) in [6.07, 6.45) is 1.72. The van der Waals surface area contributed by atoms with E-state index in [1.54, 1.807) is 10.9 Å². The average Bonchev–Trinajstić information content (AvgIpc) is 2.62. The molecule has 2 rings (SSSR count). The van der Waals surface area contributed by atoms with Gasteiger partial charge in [0, 0.05) is 11.9 Å². The van der Waals surface area contributed by atoms with Crippen LogP contribution in [-0.2, 0) is 0 Å². The maximum absolute atomic E-state index is 5.81. The predicted molar refractivity (Wildman–Crippen MR) is 49.6 cm³/mol. The number of hydrogen-bond donors (Lipinski definition) is 2. The molecule has 13 heavy (non-hydrogen) atoms. The van der Waals surface area contributed by atoms with Crippen molar-refractivity contribution in [3.8, 4) is 5.82 Å². The molecule has 0 radical (unpaired) electrons. The van der Waals surface area contributed by atoms with E-state index in [4.69, 9.17) is 5.73 Å². The molecule has 0 aliphatic carbocycles. The molecule has 68 valence electrons. The Labute approximate surface area is 75.6 Å². The Morgan fingerprint density at radius 3 is 2.69 bits per heavy atom. The van der Waals surface area contributed by atoms with Crippen molar-refractivity contribution in [2.24, 2.45) is 0 Å². The molecule has 3 N–H and O–H groups in total. The molecule has 0 saturated heterocycles. The predicted octanol–water partition coefficient (Wildman–Crippen LogP) is 0.794. The number of anilines is 1. The Morgan fingerprint density at radius 1 is 1.46 bits per heavy atom. The van der Waals surface area contributed by atoms with E-state index in [-0.39, 0.29) is 0 Å². The summed E-state index contributed by atoms with van der Waals surface area (Å²) < 4.78 is 1.71. The monoisotopic (exact) mass is 177 g/mol. The maximum Gasteiger partial charge on any atom is 0.198 e. The molecule has 0 unspecified atom stereocenters. The Hall–Kier alpha value is -1.78. The van der Waals surface area contributed by atoms with Gasteiger partial charge in [-0.05, 0) is 19.9 Å². The highest BCUT2D eigenvalue weighted by Gasteiger charge is 2.10. The molecular formula is C8H11N5. The number of hydrogen-bond acceptors (Lipinski definition) is 3. The summed E-state index contributed by atoms with van der Waals surface area (Å²) in [6, 6.07) is 1.91. The molecule has 2 aromatic rings. The highest BCUT2D eigenvalue weighted by Crippen LogP contribution is 2.17. The van der Waals surface area contributed by atoms with Gasteiger partial charge in [-0.2, -0.15) is 10.2 Å². The minimum absolute atomic E-state index is 0.645. The number of nitrogens with one attached hydrogen (secondary N) is 1. The minimum Gasteiger partial charge on any atom is -0.394 e. The van der Waals surface area contributed by atoms with Gasteiger partial charge in [-0.25, -0.2) is 4.68 Å². The van der Waals surface area contributed by atoms with Crippen LogP contribution in [0.15, 0.2) is 12.3 Å². The van der Waals surface area contributed by atoms with E-state index in [2.05, 4.69) is 15.3 Å². The van der Waals surface area contributed by atoms with Crippen molar-refractivity contribution in [3.05, 3.63) is 23.7 Å². The first-order chi connectivity index (χ1) is 6.20. The zero-order valence-corrected chi connectivity index (χ0v) is 7.57. The van der Waals surface area contributed by atoms with Crippen LogP contribution in [0.4, 0.5) is 5.69 Å². The molecule has 0 aliphatic heterocycles. The van der Waals surface area contributed by atoms with Crippen LogP contribution in [0.5, 0.6) is 0 Å². The molecule has 2 aromatic heterocycles. The van der Waals surface area contributed by atoms with E-state index in [1.807, 2.05) is 19.9 Å². The second-order valence-electron chi connectivity index (χ2n) is 2.97. The average molecular weight is 177 g/mol. The zero-order valence-electron chi connectivity index (χ0n) is 7.57. The summed E-state index contributed by atoms with van der Waals surface area (Å²) in [5.41, 5.74) is 8.33. The van der Waals surface area contributed by atoms with Gasteiger partial charge in [0.1, 0.15) is 0 Å². The third kappa shape index (κ3) is 1.09. The fourth-order valence-corrected chi connectivity index (χ4v) is 1.18. The van der Waals surface area contributed by atoms with E-state index >= 15 is 0 Å². The van der Waals surface area contributed by atoms with E-state index in [0.717, 1.165) is 11.4 Å². The molecule has 2 heterocycles. The molecule has 0 aromatic carbocycles. The molecule has 5 nitrogen and oxygen atoms in total. The summed E-state index contributed by atoms with van der Waals surface area (Å²) in [4.78, 5) is 0. The lowest BCUT2D eigenvalue weighted by molar-refractivity contribution is 0.810. The summed E-state index contributed by atoms with van der Waals surface area (Å²) in [5, 5.41) is 11.0. The molecule has 0 amide bonds. The fourth-order valence-electron chi connectivity index (χ4n) is 1.18. The standard InChI is InChI=1S/C8H11N5/c1-5-3-4-10-13(5)8-7(9)6(2)11-12-8/h3-4H,9H2,1-2H3,(H,11,12). The van der Waals surface area contributed by atoms with Crippen molar-refractivity contribution >= 4 is 5.69 Å². The third-order valence-corrected chi connectivity index (χ3v) is 2.01. The van der Waals surface area contributed by atoms with E-state index in [1.165, 1.54) is 0 Å². The van der Waals surface area contributed by atoms with Crippen molar-refractivity contribution in [1.82, 2.24) is 20.0 Å². The molecule has 0 saturated carbocycles. The molecular weight excluding hydrogens is 166 g/mol. The van der Waals surface area contributed by atoms with E-state index in [0.29, 0.717) is 11.5 Å². The van der Waals surface area contributed by atoms with Crippen LogP contribution in [0.25, 0.3) is 5.82 Å². The molecule has 0 atom stereocenters. The first-order valence-electron chi connectivity index (χ1n) is 4.01. The van der Waals surface area contributed by atoms with E-state index in [9.17, 15) is 0 Å². The zero-order chi connectivity index (χ0) is 9.42. The van der Waals surface area contributed by atoms with Gasteiger partial charge in [0.05, 0.1) is 11.4 Å². The molecule has 5 heteroatoms. The molecule has 0 bridgehead atoms. The van der Waals surface area contributed by atoms with Crippen molar-refractivity contribution in [1.29, 1.82) is 0 Å². The summed E-state index contributed by atoms with van der Waals surface area (Å²) in [5.74, 6) is 0.667. The SMILES string of the molecule is Cc1[nH]nc(-n2nccc2C)c1N. The normalized spacial score (nSPS) is 10.6. The van der Waals surface area contributed by atoms with Crippen molar-refractivity contribution in [2.45, 2.75) is 13.8 Å². The van der Waals surface area contributed by atoms with Gasteiger partial charge in [-0.1, -0.05) is 0 Å². The van der Waals surface area contributed by atoms with Crippen LogP contribution in [0.1, 0.15) is 11.4 Å². The van der Waals surface area contributed by atoms with Crippen LogP contribution in [0.3, 0.4) is 0 Å². The number of nitrogens with two attached hydrogens (primary N) is 1. The molecule has 0 aliphatic rings. The lowest BCUT2D eigenvalue weighted by Crippen LogP contribution is -2.02. The van der Waals surface area contributed by atoms with Gasteiger partial charge in [-0.3, -0.25) is 5.10 Å². The van der Waals surface area contributed by atoms with Gasteiger partial charge < -0.3 is 5.73 Å². The van der Waals surface area contributed by atoms with Crippen molar-refractivity contribution < 1.29 is 0 Å². The highest BCUT2D eigenvalue weighted by atomic mass is 15.4. The minimum atomic E-state index is 0.645. The number of rotatable bonds is 1. The maximum atomic E-state index is 5.81. The Bertz CT molecular complexity index is 425. The van der Waals surface area contributed by atoms with Crippen LogP contribution < -0.4 is 5.73 Å². The first-order valence-corrected chi connectivity index (χ1v) is 4.01. The van der Waals surface area contributed by atoms with Gasteiger partial charge >= 0.3 is 0 Å². The summed E-state index contributed by atoms with van der Waals surface area (Å²) in [7, 11) is 0. The van der Waals surface area contributed by atoms with Gasteiger partial charge in [0.25, 0.3) is 0 Å². The van der Waals surface area contributed by atoms with Gasteiger partial charge in [0.15, 0.2) is 5.82 Å². The van der Waals surface area contributed by atoms with Crippen LogP contribution in [0.2, 0.25) is 0 Å². The fraction of sp³-hybridized carbons (Fsp3) is 0.250. The van der Waals surface area contributed by atoms with Crippen molar-refractivity contribution in [2.75, 3.05) is 5.73 Å². The summed E-state index contributed by atoms with van der Waals surface area (Å²) >= 11 is 0. The number of aryl methyl sites for hydroxylation is 2. The number of nitrogen functional groups attached to an aromatic ring is 1. The lowest BCUT2D eigenvalue weighted by atomic mass is 10.4. The van der Waals surface area contributed by atoms with Crippen LogP contribution in [-0.4, -0.2) is 20.0 Å². The largest absolute Gasteiger partial charge is 0.394 e. The second kappa shape index (κ2) is 2.62. The smallest absolute Gasteiger partial charge is 0.198 e. The van der Waals surface area contributed by atoms with Crippen LogP contribution >= 0.6 is 0 Å². The highest BCUT2D eigenvalue weighted by molar-refractivity contribution is 5.56. The van der Waals surface area contributed by atoms with Gasteiger partial charge in [0.2, 0.25) is 0 Å². The topological polar surface area (TPSA) is 72.5 Å². The third-order valence-electron chi connectivity index (χ3n) is 2.01. The van der Waals surface area contributed by atoms with Crippen LogP contribution in [0, 0.1) is 13.8 Å². The Morgan fingerprint density at radius 2 is 2.23 bits per heavy atom. The molecule has 0 spiro atoms. The number of nitrogens with zero attached hydrogens (tertiary/aromatic N) is 3. The Balaban J connectivity index is 2.59. The van der Waals surface area contributed by atoms with Crippen molar-refractivity contribution in [3.63, 3.8) is 0 Å².